The lowest BCUT2D eigenvalue weighted by atomic mass is 9.82. The van der Waals surface area contributed by atoms with Crippen molar-refractivity contribution >= 4 is 65.6 Å². The molecule has 0 bridgehead atoms. The summed E-state index contributed by atoms with van der Waals surface area (Å²) >= 11 is 1.87. The van der Waals surface area contributed by atoms with Gasteiger partial charge in [0.05, 0.1) is 10.4 Å². The van der Waals surface area contributed by atoms with Crippen LogP contribution in [-0.2, 0) is 5.41 Å². The third kappa shape index (κ3) is 5.31. The van der Waals surface area contributed by atoms with Crippen molar-refractivity contribution in [2.75, 3.05) is 9.80 Å². The quantitative estimate of drug-likeness (QED) is 0.162. The molecular formula is C51H38N2S. The highest BCUT2D eigenvalue weighted by Gasteiger charge is 2.35. The van der Waals surface area contributed by atoms with Gasteiger partial charge in [-0.25, -0.2) is 0 Å². The number of hydrogen-bond acceptors (Lipinski definition) is 3. The van der Waals surface area contributed by atoms with Gasteiger partial charge in [0.15, 0.2) is 0 Å². The van der Waals surface area contributed by atoms with Gasteiger partial charge in [0.2, 0.25) is 0 Å². The van der Waals surface area contributed by atoms with Gasteiger partial charge in [-0.1, -0.05) is 129 Å². The molecule has 0 aliphatic heterocycles. The minimum atomic E-state index is -0.0163. The molecule has 258 valence electrons. The van der Waals surface area contributed by atoms with Crippen molar-refractivity contribution in [3.05, 3.63) is 205 Å². The third-order valence-electron chi connectivity index (χ3n) is 11.0. The van der Waals surface area contributed by atoms with Gasteiger partial charge in [-0.15, -0.1) is 11.3 Å². The summed E-state index contributed by atoms with van der Waals surface area (Å²) in [5.41, 5.74) is 14.7. The molecule has 2 nitrogen and oxygen atoms in total. The number of fused-ring (bicyclic) bond motifs is 6. The van der Waals surface area contributed by atoms with Crippen LogP contribution in [0.3, 0.4) is 0 Å². The van der Waals surface area contributed by atoms with Crippen LogP contribution in [0.5, 0.6) is 0 Å². The molecule has 0 unspecified atom stereocenters. The zero-order valence-electron chi connectivity index (χ0n) is 30.3. The number of benzene rings is 8. The van der Waals surface area contributed by atoms with Crippen molar-refractivity contribution in [2.24, 2.45) is 0 Å². The number of para-hydroxylation sites is 4. The fourth-order valence-electron chi connectivity index (χ4n) is 8.40. The van der Waals surface area contributed by atoms with Crippen LogP contribution in [0.1, 0.15) is 25.0 Å². The van der Waals surface area contributed by atoms with Gasteiger partial charge in [-0.05, 0) is 112 Å². The minimum absolute atomic E-state index is 0.0163. The smallest absolute Gasteiger partial charge is 0.0661 e. The standard InChI is InChI=1S/C51H38N2S/c1-51(2)46-26-16-15-25-42(46)43-31-35(27-29-47(43)51)36-28-30-49-44(32-36)45-33-41(52(37-17-7-3-8-18-37)38-19-9-4-10-20-38)34-48(50(45)54-49)53(39-21-11-5-12-22-39)40-23-13-6-14-24-40/h3-34H,1-2H3. The average molecular weight is 711 g/mol. The molecule has 3 heteroatoms. The Morgan fingerprint density at radius 1 is 0.389 bits per heavy atom. The Kier molecular flexibility index (Phi) is 7.71. The Labute approximate surface area is 320 Å². The first-order valence-corrected chi connectivity index (χ1v) is 19.4. The average Bonchev–Trinajstić information content (AvgIpc) is 3.71. The van der Waals surface area contributed by atoms with E-state index in [4.69, 9.17) is 0 Å². The molecule has 1 heterocycles. The number of nitrogens with zero attached hydrogens (tertiary/aromatic N) is 2. The zero-order valence-corrected chi connectivity index (χ0v) is 31.1. The number of thiophene rings is 1. The first-order valence-electron chi connectivity index (χ1n) is 18.6. The fraction of sp³-hybridized carbons (Fsp3) is 0.0588. The molecule has 0 atom stereocenters. The van der Waals surface area contributed by atoms with Gasteiger partial charge in [0, 0.05) is 49.3 Å². The van der Waals surface area contributed by atoms with Crippen LogP contribution in [0.25, 0.3) is 42.4 Å². The van der Waals surface area contributed by atoms with Crippen LogP contribution >= 0.6 is 11.3 Å². The molecule has 0 spiro atoms. The molecule has 1 aromatic heterocycles. The summed E-state index contributed by atoms with van der Waals surface area (Å²) in [6, 6.07) is 70.7. The Morgan fingerprint density at radius 3 is 1.50 bits per heavy atom. The molecular weight excluding hydrogens is 673 g/mol. The lowest BCUT2D eigenvalue weighted by Crippen LogP contribution is -2.14. The van der Waals surface area contributed by atoms with E-state index >= 15 is 0 Å². The van der Waals surface area contributed by atoms with Crippen LogP contribution in [0, 0.1) is 0 Å². The predicted molar refractivity (Wildman–Crippen MR) is 232 cm³/mol. The van der Waals surface area contributed by atoms with Gasteiger partial charge >= 0.3 is 0 Å². The van der Waals surface area contributed by atoms with Gasteiger partial charge in [-0.3, -0.25) is 0 Å². The van der Waals surface area contributed by atoms with Gasteiger partial charge in [0.1, 0.15) is 0 Å². The second-order valence-corrected chi connectivity index (χ2v) is 15.7. The second kappa shape index (κ2) is 12.9. The Balaban J connectivity index is 1.23. The molecule has 0 amide bonds. The van der Waals surface area contributed by atoms with Crippen LogP contribution < -0.4 is 9.80 Å². The molecule has 0 N–H and O–H groups in total. The molecule has 0 radical (unpaired) electrons. The van der Waals surface area contributed by atoms with Crippen molar-refractivity contribution in [3.63, 3.8) is 0 Å². The Bertz CT molecular complexity index is 2710. The van der Waals surface area contributed by atoms with Crippen molar-refractivity contribution in [3.8, 4) is 22.3 Å². The van der Waals surface area contributed by atoms with Crippen LogP contribution in [-0.4, -0.2) is 0 Å². The van der Waals surface area contributed by atoms with E-state index in [2.05, 4.69) is 218 Å². The van der Waals surface area contributed by atoms with E-state index in [0.717, 1.165) is 34.1 Å². The summed E-state index contributed by atoms with van der Waals surface area (Å²) in [6.07, 6.45) is 0. The molecule has 54 heavy (non-hydrogen) atoms. The Morgan fingerprint density at radius 2 is 0.889 bits per heavy atom. The molecule has 0 saturated heterocycles. The Hall–Kier alpha value is -6.42. The van der Waals surface area contributed by atoms with Crippen molar-refractivity contribution < 1.29 is 0 Å². The molecule has 0 saturated carbocycles. The third-order valence-corrected chi connectivity index (χ3v) is 12.2. The van der Waals surface area contributed by atoms with Crippen LogP contribution in [0.4, 0.5) is 34.1 Å². The number of anilines is 6. The van der Waals surface area contributed by atoms with E-state index in [1.54, 1.807) is 0 Å². The zero-order chi connectivity index (χ0) is 36.2. The van der Waals surface area contributed by atoms with E-state index in [1.165, 1.54) is 53.6 Å². The monoisotopic (exact) mass is 710 g/mol. The van der Waals surface area contributed by atoms with Crippen molar-refractivity contribution in [1.29, 1.82) is 0 Å². The largest absolute Gasteiger partial charge is 0.310 e. The maximum atomic E-state index is 2.42. The number of rotatable bonds is 7. The van der Waals surface area contributed by atoms with E-state index in [9.17, 15) is 0 Å². The topological polar surface area (TPSA) is 6.48 Å². The van der Waals surface area contributed by atoms with E-state index in [-0.39, 0.29) is 5.41 Å². The predicted octanol–water partition coefficient (Wildman–Crippen LogP) is 15.0. The highest BCUT2D eigenvalue weighted by atomic mass is 32.1. The molecule has 9 aromatic rings. The fourth-order valence-corrected chi connectivity index (χ4v) is 9.57. The normalized spacial score (nSPS) is 12.8. The van der Waals surface area contributed by atoms with Gasteiger partial charge < -0.3 is 9.80 Å². The van der Waals surface area contributed by atoms with Gasteiger partial charge in [-0.2, -0.15) is 0 Å². The number of hydrogen-bond donors (Lipinski definition) is 0. The second-order valence-electron chi connectivity index (χ2n) is 14.6. The minimum Gasteiger partial charge on any atom is -0.310 e. The molecule has 1 aliphatic carbocycles. The molecule has 1 aliphatic rings. The summed E-state index contributed by atoms with van der Waals surface area (Å²) < 4.78 is 2.52. The first-order chi connectivity index (χ1) is 26.5. The summed E-state index contributed by atoms with van der Waals surface area (Å²) in [6.45, 7) is 4.69. The summed E-state index contributed by atoms with van der Waals surface area (Å²) in [7, 11) is 0. The molecule has 10 rings (SSSR count). The highest BCUT2D eigenvalue weighted by Crippen LogP contribution is 2.51. The van der Waals surface area contributed by atoms with Crippen LogP contribution in [0.15, 0.2) is 194 Å². The van der Waals surface area contributed by atoms with Gasteiger partial charge in [0.25, 0.3) is 0 Å². The summed E-state index contributed by atoms with van der Waals surface area (Å²) in [4.78, 5) is 4.79. The molecule has 8 aromatic carbocycles. The van der Waals surface area contributed by atoms with E-state index in [0.29, 0.717) is 0 Å². The van der Waals surface area contributed by atoms with Crippen LogP contribution in [0.2, 0.25) is 0 Å². The lowest BCUT2D eigenvalue weighted by molar-refractivity contribution is 0.660. The SMILES string of the molecule is CC1(C)c2ccccc2-c2cc(-c3ccc4sc5c(N(c6ccccc6)c6ccccc6)cc(N(c6ccccc6)c6ccccc6)cc5c4c3)ccc21. The van der Waals surface area contributed by atoms with E-state index < -0.39 is 0 Å². The van der Waals surface area contributed by atoms with E-state index in [1.807, 2.05) is 11.3 Å². The highest BCUT2D eigenvalue weighted by molar-refractivity contribution is 7.26. The maximum absolute atomic E-state index is 2.42. The lowest BCUT2D eigenvalue weighted by Gasteiger charge is -2.30. The van der Waals surface area contributed by atoms with Crippen molar-refractivity contribution in [2.45, 2.75) is 19.3 Å². The summed E-state index contributed by atoms with van der Waals surface area (Å²) in [5.74, 6) is 0. The first kappa shape index (κ1) is 32.2. The maximum Gasteiger partial charge on any atom is 0.0661 e. The van der Waals surface area contributed by atoms with Crippen molar-refractivity contribution in [1.82, 2.24) is 0 Å². The summed E-state index contributed by atoms with van der Waals surface area (Å²) in [5, 5.41) is 2.50. The molecule has 0 fully saturated rings.